The molecule has 19 heavy (non-hydrogen) atoms. The average Bonchev–Trinajstić information content (AvgIpc) is 2.44. The van der Waals surface area contributed by atoms with Crippen molar-refractivity contribution in [2.45, 2.75) is 6.42 Å². The maximum Gasteiger partial charge on any atom is 0.190 e. The molecule has 0 amide bonds. The molecule has 0 aromatic heterocycles. The third kappa shape index (κ3) is 2.02. The average molecular weight is 254 g/mol. The minimum absolute atomic E-state index is 0.0247. The van der Waals surface area contributed by atoms with E-state index >= 15 is 0 Å². The number of aliphatic hydroxyl groups is 1. The van der Waals surface area contributed by atoms with E-state index in [9.17, 15) is 4.79 Å². The zero-order valence-corrected chi connectivity index (χ0v) is 10.4. The Bertz CT molecular complexity index is 665. The molecule has 0 spiro atoms. The third-order valence-corrected chi connectivity index (χ3v) is 3.26. The third-order valence-electron chi connectivity index (χ3n) is 3.26. The number of ether oxygens (including phenoxy) is 1. The molecule has 0 bridgehead atoms. The van der Waals surface area contributed by atoms with Gasteiger partial charge >= 0.3 is 0 Å². The van der Waals surface area contributed by atoms with E-state index in [1.807, 2.05) is 36.4 Å². The highest BCUT2D eigenvalue weighted by Crippen LogP contribution is 2.33. The summed E-state index contributed by atoms with van der Waals surface area (Å²) in [6, 6.07) is 11.6. The van der Waals surface area contributed by atoms with Crippen molar-refractivity contribution in [1.82, 2.24) is 0 Å². The molecule has 1 aliphatic rings. The van der Waals surface area contributed by atoms with E-state index in [1.165, 1.54) is 6.08 Å². The van der Waals surface area contributed by atoms with Gasteiger partial charge in [-0.3, -0.25) is 4.79 Å². The number of allylic oxidation sites excluding steroid dienone is 1. The Morgan fingerprint density at radius 3 is 2.53 bits per heavy atom. The second-order valence-corrected chi connectivity index (χ2v) is 4.51. The van der Waals surface area contributed by atoms with E-state index in [4.69, 9.17) is 9.84 Å². The van der Waals surface area contributed by atoms with E-state index in [0.717, 1.165) is 21.9 Å². The lowest BCUT2D eigenvalue weighted by Gasteiger charge is -2.18. The Morgan fingerprint density at radius 2 is 1.79 bits per heavy atom. The first kappa shape index (κ1) is 11.9. The minimum atomic E-state index is -0.0247. The predicted octanol–water partition coefficient (Wildman–Crippen LogP) is 2.78. The molecular weight excluding hydrogens is 240 g/mol. The molecule has 0 atom stereocenters. The normalized spacial score (nSPS) is 13.5. The van der Waals surface area contributed by atoms with Crippen LogP contribution in [0.2, 0.25) is 0 Å². The van der Waals surface area contributed by atoms with E-state index in [0.29, 0.717) is 18.8 Å². The molecule has 2 aromatic carbocycles. The lowest BCUT2D eigenvalue weighted by Crippen LogP contribution is -2.08. The Hall–Kier alpha value is -2.13. The van der Waals surface area contributed by atoms with Crippen LogP contribution in [0.5, 0.6) is 0 Å². The van der Waals surface area contributed by atoms with Crippen molar-refractivity contribution < 1.29 is 14.6 Å². The zero-order valence-electron chi connectivity index (χ0n) is 10.4. The fourth-order valence-electron chi connectivity index (χ4n) is 2.39. The van der Waals surface area contributed by atoms with Crippen molar-refractivity contribution in [1.29, 1.82) is 0 Å². The molecule has 0 fully saturated rings. The van der Waals surface area contributed by atoms with Crippen LogP contribution in [0, 0.1) is 0 Å². The molecule has 1 aliphatic carbocycles. The van der Waals surface area contributed by atoms with Gasteiger partial charge in [-0.15, -0.1) is 0 Å². The molecule has 1 N–H and O–H groups in total. The second-order valence-electron chi connectivity index (χ2n) is 4.51. The molecule has 2 aromatic rings. The first-order valence-corrected chi connectivity index (χ1v) is 6.33. The fraction of sp³-hybridized carbons (Fsp3) is 0.188. The summed E-state index contributed by atoms with van der Waals surface area (Å²) in [5.41, 5.74) is 1.67. The predicted molar refractivity (Wildman–Crippen MR) is 73.9 cm³/mol. The quantitative estimate of drug-likeness (QED) is 0.853. The summed E-state index contributed by atoms with van der Waals surface area (Å²) in [5, 5.41) is 10.8. The topological polar surface area (TPSA) is 46.5 Å². The van der Waals surface area contributed by atoms with E-state index in [-0.39, 0.29) is 12.4 Å². The SMILES string of the molecule is O=C1C=C(OCCCO)c2cccc3cccc1c23. The summed E-state index contributed by atoms with van der Waals surface area (Å²) in [7, 11) is 0. The molecular formula is C16H14O3. The molecule has 0 saturated heterocycles. The lowest BCUT2D eigenvalue weighted by atomic mass is 9.91. The van der Waals surface area contributed by atoms with Gasteiger partial charge in [0.05, 0.1) is 6.61 Å². The fourth-order valence-corrected chi connectivity index (χ4v) is 2.39. The summed E-state index contributed by atoms with van der Waals surface area (Å²) in [4.78, 5) is 12.1. The maximum absolute atomic E-state index is 12.1. The van der Waals surface area contributed by atoms with Crippen LogP contribution in [0.3, 0.4) is 0 Å². The van der Waals surface area contributed by atoms with Crippen LogP contribution in [0.15, 0.2) is 42.5 Å². The Labute approximate surface area is 111 Å². The molecule has 0 aliphatic heterocycles. The van der Waals surface area contributed by atoms with Crippen molar-refractivity contribution >= 4 is 22.3 Å². The Morgan fingerprint density at radius 1 is 1.05 bits per heavy atom. The molecule has 0 heterocycles. The molecule has 96 valence electrons. The standard InChI is InChI=1S/C16H14O3/c17-8-3-9-19-15-10-14(18)12-6-1-4-11-5-2-7-13(15)16(11)12/h1-2,4-7,10,17H,3,8-9H2. The van der Waals surface area contributed by atoms with Gasteiger partial charge in [-0.05, 0) is 5.39 Å². The number of rotatable bonds is 4. The molecule has 3 nitrogen and oxygen atoms in total. The molecule has 3 heteroatoms. The van der Waals surface area contributed by atoms with Crippen molar-refractivity contribution in [2.75, 3.05) is 13.2 Å². The first-order chi connectivity index (χ1) is 9.31. The van der Waals surface area contributed by atoms with Gasteiger partial charge < -0.3 is 9.84 Å². The van der Waals surface area contributed by atoms with E-state index in [1.54, 1.807) is 0 Å². The summed E-state index contributed by atoms with van der Waals surface area (Å²) >= 11 is 0. The van der Waals surface area contributed by atoms with Crippen LogP contribution < -0.4 is 0 Å². The Balaban J connectivity index is 2.09. The molecule has 0 saturated carbocycles. The van der Waals surface area contributed by atoms with Crippen LogP contribution >= 0.6 is 0 Å². The van der Waals surface area contributed by atoms with Gasteiger partial charge in [0, 0.05) is 35.6 Å². The van der Waals surface area contributed by atoms with E-state index < -0.39 is 0 Å². The van der Waals surface area contributed by atoms with Crippen LogP contribution in [0.4, 0.5) is 0 Å². The summed E-state index contributed by atoms with van der Waals surface area (Å²) < 4.78 is 5.62. The Kier molecular flexibility index (Phi) is 3.05. The molecule has 0 unspecified atom stereocenters. The summed E-state index contributed by atoms with van der Waals surface area (Å²) in [5.74, 6) is 0.575. The van der Waals surface area contributed by atoms with Gasteiger partial charge in [-0.2, -0.15) is 0 Å². The number of ketones is 1. The first-order valence-electron chi connectivity index (χ1n) is 6.33. The highest BCUT2D eigenvalue weighted by atomic mass is 16.5. The molecule has 3 rings (SSSR count). The van der Waals surface area contributed by atoms with Gasteiger partial charge in [-0.25, -0.2) is 0 Å². The number of hydrogen-bond donors (Lipinski definition) is 1. The highest BCUT2D eigenvalue weighted by Gasteiger charge is 2.20. The van der Waals surface area contributed by atoms with Crippen molar-refractivity contribution in [3.05, 3.63) is 53.6 Å². The van der Waals surface area contributed by atoms with Gasteiger partial charge in [0.15, 0.2) is 5.78 Å². The summed E-state index contributed by atoms with van der Waals surface area (Å²) in [6.45, 7) is 0.496. The number of aliphatic hydroxyl groups excluding tert-OH is 1. The van der Waals surface area contributed by atoms with Crippen LogP contribution in [-0.2, 0) is 4.74 Å². The summed E-state index contributed by atoms with van der Waals surface area (Å²) in [6.07, 6.45) is 2.09. The minimum Gasteiger partial charge on any atom is -0.493 e. The second kappa shape index (κ2) is 4.86. The van der Waals surface area contributed by atoms with Gasteiger partial charge in [0.25, 0.3) is 0 Å². The monoisotopic (exact) mass is 254 g/mol. The van der Waals surface area contributed by atoms with Gasteiger partial charge in [0.2, 0.25) is 0 Å². The number of carbonyl (C=O) groups is 1. The lowest BCUT2D eigenvalue weighted by molar-refractivity contribution is 0.104. The van der Waals surface area contributed by atoms with Crippen molar-refractivity contribution in [3.63, 3.8) is 0 Å². The molecule has 0 radical (unpaired) electrons. The van der Waals surface area contributed by atoms with Crippen LogP contribution in [0.1, 0.15) is 22.3 Å². The largest absolute Gasteiger partial charge is 0.493 e. The van der Waals surface area contributed by atoms with Crippen LogP contribution in [0.25, 0.3) is 16.5 Å². The van der Waals surface area contributed by atoms with Gasteiger partial charge in [-0.1, -0.05) is 36.4 Å². The zero-order chi connectivity index (χ0) is 13.2. The maximum atomic E-state index is 12.1. The highest BCUT2D eigenvalue weighted by molar-refractivity contribution is 6.21. The smallest absolute Gasteiger partial charge is 0.190 e. The van der Waals surface area contributed by atoms with E-state index in [2.05, 4.69) is 0 Å². The number of benzene rings is 2. The number of hydrogen-bond acceptors (Lipinski definition) is 3. The van der Waals surface area contributed by atoms with Crippen molar-refractivity contribution in [3.8, 4) is 0 Å². The van der Waals surface area contributed by atoms with Crippen LogP contribution in [-0.4, -0.2) is 24.1 Å². The number of carbonyl (C=O) groups excluding carboxylic acids is 1. The van der Waals surface area contributed by atoms with Gasteiger partial charge in [0.1, 0.15) is 5.76 Å². The van der Waals surface area contributed by atoms with Crippen molar-refractivity contribution in [2.24, 2.45) is 0 Å².